The minimum atomic E-state index is -0.668. The zero-order valence-electron chi connectivity index (χ0n) is 10.7. The predicted octanol–water partition coefficient (Wildman–Crippen LogP) is 4.16. The van der Waals surface area contributed by atoms with Gasteiger partial charge in [-0.1, -0.05) is 43.1 Å². The minimum absolute atomic E-state index is 0.545. The van der Waals surface area contributed by atoms with Crippen molar-refractivity contribution in [2.75, 3.05) is 0 Å². The maximum atomic E-state index is 11.7. The molecule has 1 fully saturated rings. The van der Waals surface area contributed by atoms with Gasteiger partial charge in [-0.2, -0.15) is 0 Å². The highest BCUT2D eigenvalue weighted by Gasteiger charge is 2.45. The third-order valence-corrected chi connectivity index (χ3v) is 4.60. The first kappa shape index (κ1) is 13.4. The van der Waals surface area contributed by atoms with Crippen LogP contribution in [0.25, 0.3) is 0 Å². The van der Waals surface area contributed by atoms with Crippen molar-refractivity contribution in [2.45, 2.75) is 39.0 Å². The first-order valence-electron chi connectivity index (χ1n) is 6.54. The van der Waals surface area contributed by atoms with Crippen LogP contribution in [-0.4, -0.2) is 11.1 Å². The highest BCUT2D eigenvalue weighted by Crippen LogP contribution is 2.46. The molecule has 0 aromatic heterocycles. The van der Waals surface area contributed by atoms with E-state index in [9.17, 15) is 9.90 Å². The number of carbonyl (C=O) groups is 1. The number of benzene rings is 1. The molecule has 1 aliphatic carbocycles. The fourth-order valence-corrected chi connectivity index (χ4v) is 3.22. The predicted molar refractivity (Wildman–Crippen MR) is 72.9 cm³/mol. The van der Waals surface area contributed by atoms with Crippen LogP contribution in [0, 0.1) is 11.3 Å². The molecule has 0 bridgehead atoms. The van der Waals surface area contributed by atoms with Gasteiger partial charge in [-0.3, -0.25) is 4.79 Å². The Morgan fingerprint density at radius 1 is 1.50 bits per heavy atom. The second-order valence-electron chi connectivity index (χ2n) is 5.37. The van der Waals surface area contributed by atoms with Gasteiger partial charge in [0.15, 0.2) is 0 Å². The van der Waals surface area contributed by atoms with Crippen molar-refractivity contribution < 1.29 is 9.90 Å². The van der Waals surface area contributed by atoms with Crippen LogP contribution in [0.1, 0.15) is 38.2 Å². The third-order valence-electron chi connectivity index (χ3n) is 4.23. The Bertz CT molecular complexity index is 444. The smallest absolute Gasteiger partial charge is 0.309 e. The summed E-state index contributed by atoms with van der Waals surface area (Å²) in [6.07, 6.45) is 4.19. The molecule has 1 aromatic carbocycles. The lowest BCUT2D eigenvalue weighted by Gasteiger charge is -2.25. The van der Waals surface area contributed by atoms with Crippen molar-refractivity contribution in [3.63, 3.8) is 0 Å². The van der Waals surface area contributed by atoms with Gasteiger partial charge in [-0.25, -0.2) is 0 Å². The van der Waals surface area contributed by atoms with Crippen LogP contribution >= 0.6 is 11.6 Å². The van der Waals surface area contributed by atoms with Crippen LogP contribution in [0.15, 0.2) is 24.3 Å². The molecule has 18 heavy (non-hydrogen) atoms. The summed E-state index contributed by atoms with van der Waals surface area (Å²) < 4.78 is 0. The van der Waals surface area contributed by atoms with Crippen molar-refractivity contribution in [1.82, 2.24) is 0 Å². The number of hydrogen-bond acceptors (Lipinski definition) is 1. The maximum Gasteiger partial charge on any atom is 0.309 e. The first-order valence-corrected chi connectivity index (χ1v) is 6.92. The Morgan fingerprint density at radius 2 is 2.22 bits per heavy atom. The van der Waals surface area contributed by atoms with Crippen molar-refractivity contribution in [2.24, 2.45) is 11.3 Å². The van der Waals surface area contributed by atoms with E-state index in [2.05, 4.69) is 6.92 Å². The van der Waals surface area contributed by atoms with Crippen LogP contribution in [0.4, 0.5) is 0 Å². The molecular formula is C15H19ClO2. The van der Waals surface area contributed by atoms with E-state index in [1.165, 1.54) is 0 Å². The summed E-state index contributed by atoms with van der Waals surface area (Å²) in [6, 6.07) is 7.57. The van der Waals surface area contributed by atoms with Crippen LogP contribution in [-0.2, 0) is 11.2 Å². The number of hydrogen-bond donors (Lipinski definition) is 1. The number of rotatable bonds is 4. The molecule has 0 amide bonds. The molecule has 0 saturated heterocycles. The Kier molecular flexibility index (Phi) is 3.96. The molecule has 2 nitrogen and oxygen atoms in total. The summed E-state index contributed by atoms with van der Waals surface area (Å²) in [5.74, 6) is -0.123. The Morgan fingerprint density at radius 3 is 2.78 bits per heavy atom. The summed E-state index contributed by atoms with van der Waals surface area (Å²) in [6.45, 7) is 2.14. The van der Waals surface area contributed by atoms with Gasteiger partial charge in [-0.15, -0.1) is 0 Å². The van der Waals surface area contributed by atoms with E-state index < -0.39 is 11.4 Å². The largest absolute Gasteiger partial charge is 0.481 e. The summed E-state index contributed by atoms with van der Waals surface area (Å²) >= 11 is 6.15. The fraction of sp³-hybridized carbons (Fsp3) is 0.533. The average molecular weight is 267 g/mol. The Balaban J connectivity index is 2.23. The van der Waals surface area contributed by atoms with Gasteiger partial charge in [0.25, 0.3) is 0 Å². The molecule has 0 spiro atoms. The zero-order chi connectivity index (χ0) is 13.2. The normalized spacial score (nSPS) is 27.3. The van der Waals surface area contributed by atoms with E-state index in [0.29, 0.717) is 17.4 Å². The molecule has 2 rings (SSSR count). The minimum Gasteiger partial charge on any atom is -0.481 e. The number of carboxylic acids is 1. The van der Waals surface area contributed by atoms with Crippen molar-refractivity contribution in [3.8, 4) is 0 Å². The molecule has 0 radical (unpaired) electrons. The topological polar surface area (TPSA) is 37.3 Å². The van der Waals surface area contributed by atoms with Gasteiger partial charge >= 0.3 is 5.97 Å². The standard InChI is InChI=1S/C15H19ClO2/c1-2-11-7-8-15(9-11,14(17)18)10-12-5-3-4-6-13(12)16/h3-6,11H,2,7-10H2,1H3,(H,17,18). The Hall–Kier alpha value is -1.02. The maximum absolute atomic E-state index is 11.7. The summed E-state index contributed by atoms with van der Waals surface area (Å²) in [7, 11) is 0. The highest BCUT2D eigenvalue weighted by molar-refractivity contribution is 6.31. The molecule has 1 aromatic rings. The van der Waals surface area contributed by atoms with E-state index in [0.717, 1.165) is 31.2 Å². The summed E-state index contributed by atoms with van der Waals surface area (Å²) in [5.41, 5.74) is 0.351. The molecule has 0 aliphatic heterocycles. The molecule has 2 unspecified atom stereocenters. The van der Waals surface area contributed by atoms with E-state index in [1.54, 1.807) is 0 Å². The lowest BCUT2D eigenvalue weighted by molar-refractivity contribution is -0.148. The third kappa shape index (κ3) is 2.54. The lowest BCUT2D eigenvalue weighted by atomic mass is 9.79. The monoisotopic (exact) mass is 266 g/mol. The van der Waals surface area contributed by atoms with Gasteiger partial charge in [0.1, 0.15) is 0 Å². The molecule has 0 heterocycles. The second kappa shape index (κ2) is 5.31. The van der Waals surface area contributed by atoms with E-state index in [4.69, 9.17) is 11.6 Å². The first-order chi connectivity index (χ1) is 8.57. The fourth-order valence-electron chi connectivity index (χ4n) is 3.02. The number of halogens is 1. The molecule has 1 saturated carbocycles. The molecule has 2 atom stereocenters. The van der Waals surface area contributed by atoms with Crippen molar-refractivity contribution >= 4 is 17.6 Å². The molecule has 98 valence electrons. The molecule has 1 N–H and O–H groups in total. The van der Waals surface area contributed by atoms with Crippen LogP contribution in [0.5, 0.6) is 0 Å². The zero-order valence-corrected chi connectivity index (χ0v) is 11.4. The van der Waals surface area contributed by atoms with Gasteiger partial charge in [0.05, 0.1) is 5.41 Å². The van der Waals surface area contributed by atoms with Crippen molar-refractivity contribution in [3.05, 3.63) is 34.9 Å². The quantitative estimate of drug-likeness (QED) is 0.888. The second-order valence-corrected chi connectivity index (χ2v) is 5.78. The van der Waals surface area contributed by atoms with E-state index in [1.807, 2.05) is 24.3 Å². The SMILES string of the molecule is CCC1CCC(Cc2ccccc2Cl)(C(=O)O)C1. The Labute approximate surface area is 113 Å². The van der Waals surface area contributed by atoms with E-state index >= 15 is 0 Å². The summed E-state index contributed by atoms with van der Waals surface area (Å²) in [5, 5.41) is 10.3. The molecule has 3 heteroatoms. The van der Waals surface area contributed by atoms with Crippen LogP contribution in [0.2, 0.25) is 5.02 Å². The molecular weight excluding hydrogens is 248 g/mol. The van der Waals surface area contributed by atoms with E-state index in [-0.39, 0.29) is 0 Å². The van der Waals surface area contributed by atoms with Gasteiger partial charge < -0.3 is 5.11 Å². The van der Waals surface area contributed by atoms with Crippen LogP contribution in [0.3, 0.4) is 0 Å². The van der Waals surface area contributed by atoms with Crippen molar-refractivity contribution in [1.29, 1.82) is 0 Å². The van der Waals surface area contributed by atoms with Gasteiger partial charge in [-0.05, 0) is 43.2 Å². The summed E-state index contributed by atoms with van der Waals surface area (Å²) in [4.78, 5) is 11.7. The highest BCUT2D eigenvalue weighted by atomic mass is 35.5. The van der Waals surface area contributed by atoms with Crippen LogP contribution < -0.4 is 0 Å². The number of carboxylic acid groups (broad SMARTS) is 1. The molecule has 1 aliphatic rings. The average Bonchev–Trinajstić information content (AvgIpc) is 2.77. The van der Waals surface area contributed by atoms with Gasteiger partial charge in [0, 0.05) is 5.02 Å². The number of aliphatic carboxylic acids is 1. The lowest BCUT2D eigenvalue weighted by Crippen LogP contribution is -2.30. The van der Waals surface area contributed by atoms with Gasteiger partial charge in [0.2, 0.25) is 0 Å².